The summed E-state index contributed by atoms with van der Waals surface area (Å²) in [7, 11) is 0. The van der Waals surface area contributed by atoms with Crippen LogP contribution in [0.1, 0.15) is 26.2 Å². The molecular formula is C24H34ClNO4. The van der Waals surface area contributed by atoms with Crippen molar-refractivity contribution < 1.29 is 19.0 Å². The van der Waals surface area contributed by atoms with Crippen molar-refractivity contribution in [2.45, 2.75) is 26.2 Å². The van der Waals surface area contributed by atoms with E-state index in [-0.39, 0.29) is 6.61 Å². The minimum atomic E-state index is -0.443. The number of benzene rings is 1. The van der Waals surface area contributed by atoms with Gasteiger partial charge in [0.15, 0.2) is 0 Å². The Balaban J connectivity index is 0.00000141. The first-order valence-corrected chi connectivity index (χ1v) is 10.8. The number of unbranched alkanes of at least 4 members (excludes halogenated alkanes) is 1. The molecule has 0 aromatic heterocycles. The van der Waals surface area contributed by atoms with Crippen LogP contribution in [0.4, 0.5) is 4.79 Å². The Hall–Kier alpha value is -2.08. The largest absolute Gasteiger partial charge is 0.445 e. The van der Waals surface area contributed by atoms with Gasteiger partial charge in [-0.2, -0.15) is 0 Å². The van der Waals surface area contributed by atoms with Gasteiger partial charge in [0, 0.05) is 19.0 Å². The predicted octanol–water partition coefficient (Wildman–Crippen LogP) is 3.55. The van der Waals surface area contributed by atoms with Gasteiger partial charge >= 0.3 is 6.09 Å². The van der Waals surface area contributed by atoms with Gasteiger partial charge in [0.05, 0.1) is 19.8 Å². The van der Waals surface area contributed by atoms with E-state index in [1.54, 1.807) is 6.08 Å². The second kappa shape index (κ2) is 16.7. The van der Waals surface area contributed by atoms with Crippen LogP contribution in [0, 0.1) is 0 Å². The van der Waals surface area contributed by atoms with Gasteiger partial charge in [0.1, 0.15) is 6.61 Å². The second-order valence-corrected chi connectivity index (χ2v) is 7.08. The molecule has 166 valence electrons. The Kier molecular flexibility index (Phi) is 14.4. The number of ether oxygens (including phenoxy) is 3. The van der Waals surface area contributed by atoms with Crippen molar-refractivity contribution in [3.8, 4) is 0 Å². The van der Waals surface area contributed by atoms with E-state index in [1.807, 2.05) is 31.2 Å². The zero-order valence-electron chi connectivity index (χ0n) is 18.0. The maximum Gasteiger partial charge on any atom is 0.407 e. The number of fused-ring (bicyclic) bond motifs is 1. The normalized spacial score (nSPS) is 12.2. The van der Waals surface area contributed by atoms with Crippen LogP contribution in [0.15, 0.2) is 49.1 Å². The lowest BCUT2D eigenvalue weighted by atomic mass is 9.97. The zero-order chi connectivity index (χ0) is 22.0. The maximum atomic E-state index is 11.8. The van der Waals surface area contributed by atoms with Crippen molar-refractivity contribution in [1.29, 1.82) is 0 Å². The molecule has 0 saturated heterocycles. The van der Waals surface area contributed by atoms with Gasteiger partial charge in [-0.25, -0.2) is 4.79 Å². The highest BCUT2D eigenvalue weighted by Crippen LogP contribution is 2.13. The molecule has 0 saturated carbocycles. The molecule has 0 spiro atoms. The summed E-state index contributed by atoms with van der Waals surface area (Å²) in [4.78, 5) is 11.8. The fraction of sp³-hybridized carbons (Fsp3) is 0.458. The molecule has 30 heavy (non-hydrogen) atoms. The van der Waals surface area contributed by atoms with Gasteiger partial charge in [-0.15, -0.1) is 18.2 Å². The van der Waals surface area contributed by atoms with Crippen molar-refractivity contribution in [2.24, 2.45) is 0 Å². The molecule has 1 amide bonds. The topological polar surface area (TPSA) is 56.8 Å². The molecule has 0 atom stereocenters. The lowest BCUT2D eigenvalue weighted by molar-refractivity contribution is 0.0475. The van der Waals surface area contributed by atoms with E-state index in [4.69, 9.17) is 25.8 Å². The molecule has 0 heterocycles. The van der Waals surface area contributed by atoms with Crippen molar-refractivity contribution in [1.82, 2.24) is 5.32 Å². The Morgan fingerprint density at radius 1 is 1.17 bits per heavy atom. The number of carbonyl (C=O) groups excluding carboxylic acids is 1. The number of allylic oxidation sites excluding steroid dienone is 2. The second-order valence-electron chi connectivity index (χ2n) is 6.70. The highest BCUT2D eigenvalue weighted by Gasteiger charge is 2.09. The molecule has 0 unspecified atom stereocenters. The number of hydrogen-bond donors (Lipinski definition) is 1. The quantitative estimate of drug-likeness (QED) is 0.310. The number of hydrogen-bond acceptors (Lipinski definition) is 4. The van der Waals surface area contributed by atoms with E-state index in [0.717, 1.165) is 40.8 Å². The van der Waals surface area contributed by atoms with Crippen molar-refractivity contribution in [3.05, 3.63) is 59.5 Å². The first-order valence-electron chi connectivity index (χ1n) is 10.3. The molecule has 1 aromatic carbocycles. The number of nitrogens with one attached hydrogen (secondary N) is 1. The molecule has 0 fully saturated rings. The van der Waals surface area contributed by atoms with Crippen LogP contribution in [0.3, 0.4) is 0 Å². The van der Waals surface area contributed by atoms with Gasteiger partial charge in [0.25, 0.3) is 0 Å². The Morgan fingerprint density at radius 3 is 2.60 bits per heavy atom. The van der Waals surface area contributed by atoms with Crippen LogP contribution >= 0.6 is 11.6 Å². The van der Waals surface area contributed by atoms with E-state index in [2.05, 4.69) is 24.6 Å². The van der Waals surface area contributed by atoms with Gasteiger partial charge in [0.2, 0.25) is 0 Å². The van der Waals surface area contributed by atoms with Crippen LogP contribution in [0.2, 0.25) is 0 Å². The average Bonchev–Trinajstić information content (AvgIpc) is 2.73. The van der Waals surface area contributed by atoms with Crippen molar-refractivity contribution in [3.63, 3.8) is 0 Å². The lowest BCUT2D eigenvalue weighted by Gasteiger charge is -2.14. The summed E-state index contributed by atoms with van der Waals surface area (Å²) < 4.78 is 16.1. The van der Waals surface area contributed by atoms with Crippen LogP contribution in [0.5, 0.6) is 0 Å². The molecule has 0 bridgehead atoms. The molecule has 1 aliphatic carbocycles. The minimum absolute atomic E-state index is 0.257. The number of carbonyl (C=O) groups is 1. The number of alkyl carbamates (subject to hydrolysis) is 1. The van der Waals surface area contributed by atoms with Gasteiger partial charge < -0.3 is 19.5 Å². The van der Waals surface area contributed by atoms with E-state index in [0.29, 0.717) is 38.9 Å². The summed E-state index contributed by atoms with van der Waals surface area (Å²) in [5, 5.41) is 4.93. The van der Waals surface area contributed by atoms with Gasteiger partial charge in [-0.1, -0.05) is 48.6 Å². The molecule has 5 nitrogen and oxygen atoms in total. The van der Waals surface area contributed by atoms with Gasteiger partial charge in [-0.3, -0.25) is 0 Å². The summed E-state index contributed by atoms with van der Waals surface area (Å²) in [6.07, 6.45) is 6.02. The monoisotopic (exact) mass is 435 g/mol. The summed E-state index contributed by atoms with van der Waals surface area (Å²) in [6, 6.07) is 8.06. The van der Waals surface area contributed by atoms with E-state index in [9.17, 15) is 4.79 Å². The van der Waals surface area contributed by atoms with Crippen LogP contribution < -0.4 is 15.8 Å². The third-order valence-corrected chi connectivity index (χ3v) is 4.35. The lowest BCUT2D eigenvalue weighted by Crippen LogP contribution is -2.33. The highest BCUT2D eigenvalue weighted by molar-refractivity contribution is 6.17. The van der Waals surface area contributed by atoms with E-state index >= 15 is 0 Å². The maximum absolute atomic E-state index is 11.8. The molecule has 6 heteroatoms. The van der Waals surface area contributed by atoms with E-state index < -0.39 is 6.09 Å². The highest BCUT2D eigenvalue weighted by atomic mass is 35.5. The van der Waals surface area contributed by atoms with Gasteiger partial charge in [-0.05, 0) is 42.2 Å². The van der Waals surface area contributed by atoms with Crippen molar-refractivity contribution >= 4 is 29.3 Å². The summed E-state index contributed by atoms with van der Waals surface area (Å²) in [6.45, 7) is 12.1. The Bertz CT molecular complexity index is 776. The number of alkyl halides is 1. The average molecular weight is 436 g/mol. The van der Waals surface area contributed by atoms with Crippen molar-refractivity contribution in [2.75, 3.05) is 45.5 Å². The Morgan fingerprint density at radius 2 is 1.87 bits per heavy atom. The smallest absolute Gasteiger partial charge is 0.407 e. The van der Waals surface area contributed by atoms with E-state index in [1.165, 1.54) is 0 Å². The summed E-state index contributed by atoms with van der Waals surface area (Å²) in [5.41, 5.74) is 2.08. The molecule has 1 aromatic rings. The zero-order valence-corrected chi connectivity index (χ0v) is 18.7. The number of rotatable bonds is 12. The standard InChI is InChI=1S/C21H28ClNO4.C3H6/c1-17-14-18-6-2-3-7-20(18)19(15-17)16-27-21(24)23-9-11-26-13-12-25-10-5-4-8-22;1-3-2/h2-3,6-7,14H,1,4-5,8-13,15-16H2,(H,23,24);3H,1H2,2H3. The third-order valence-electron chi connectivity index (χ3n) is 4.08. The fourth-order valence-electron chi connectivity index (χ4n) is 2.76. The third kappa shape index (κ3) is 11.2. The molecule has 0 aliphatic heterocycles. The fourth-order valence-corrected chi connectivity index (χ4v) is 2.95. The first kappa shape index (κ1) is 26.0. The molecular weight excluding hydrogens is 402 g/mol. The molecule has 2 rings (SSSR count). The number of halogens is 1. The summed E-state index contributed by atoms with van der Waals surface area (Å²) >= 11 is 5.59. The Labute approximate surface area is 185 Å². The minimum Gasteiger partial charge on any atom is -0.445 e. The molecule has 1 N–H and O–H groups in total. The number of amides is 1. The van der Waals surface area contributed by atoms with Crippen LogP contribution in [-0.4, -0.2) is 51.6 Å². The molecule has 1 aliphatic rings. The SMILES string of the molecule is C=C1C=c2ccccc2=C(COC(=O)NCCOCCOCCCCCl)C1.C=CC. The summed E-state index contributed by atoms with van der Waals surface area (Å²) in [5.74, 6) is 0.667. The molecule has 0 radical (unpaired) electrons. The first-order chi connectivity index (χ1) is 14.6. The van der Waals surface area contributed by atoms with Crippen LogP contribution in [0.25, 0.3) is 11.6 Å². The van der Waals surface area contributed by atoms with Crippen LogP contribution in [-0.2, 0) is 14.2 Å². The predicted molar refractivity (Wildman–Crippen MR) is 124 cm³/mol.